The molecule has 4 N–H and O–H groups in total. The molecule has 0 aliphatic heterocycles. The van der Waals surface area contributed by atoms with E-state index in [0.717, 1.165) is 22.3 Å². The minimum Gasteiger partial charge on any atom is -0.481 e. The van der Waals surface area contributed by atoms with Gasteiger partial charge in [-0.1, -0.05) is 61.0 Å². The van der Waals surface area contributed by atoms with Crippen LogP contribution in [0.3, 0.4) is 0 Å². The maximum atomic E-state index is 12.3. The number of hydrogen-bond acceptors (Lipinski definition) is 3. The summed E-state index contributed by atoms with van der Waals surface area (Å²) < 4.78 is 0. The average molecular weight is 443 g/mol. The molecule has 2 aromatic rings. The van der Waals surface area contributed by atoms with Gasteiger partial charge in [0.2, 0.25) is 5.96 Å². The van der Waals surface area contributed by atoms with Crippen molar-refractivity contribution in [3.63, 3.8) is 0 Å². The van der Waals surface area contributed by atoms with Gasteiger partial charge in [-0.05, 0) is 42.7 Å². The third-order valence-electron chi connectivity index (χ3n) is 4.46. The number of aliphatic imine (C=N–C) groups is 1. The molecule has 0 aliphatic carbocycles. The first-order chi connectivity index (χ1) is 14.7. The average Bonchev–Trinajstić information content (AvgIpc) is 2.71. The Bertz CT molecular complexity index is 987. The van der Waals surface area contributed by atoms with Crippen LogP contribution in [0.4, 0.5) is 10.5 Å². The molecule has 2 aromatic carbocycles. The molecule has 2 rings (SSSR count). The first-order valence-corrected chi connectivity index (χ1v) is 10.1. The molecule has 0 radical (unpaired) electrons. The van der Waals surface area contributed by atoms with Gasteiger partial charge in [-0.25, -0.2) is 9.79 Å². The summed E-state index contributed by atoms with van der Waals surface area (Å²) in [5.74, 6) is -1.49. The van der Waals surface area contributed by atoms with Crippen molar-refractivity contribution in [1.29, 1.82) is 0 Å². The van der Waals surface area contributed by atoms with E-state index in [0.29, 0.717) is 17.3 Å². The first-order valence-electron chi connectivity index (χ1n) is 9.77. The number of rotatable bonds is 7. The highest BCUT2D eigenvalue weighted by Gasteiger charge is 2.13. The second kappa shape index (κ2) is 11.2. The van der Waals surface area contributed by atoms with Crippen LogP contribution in [0.1, 0.15) is 30.5 Å². The van der Waals surface area contributed by atoms with Crippen LogP contribution in [0.15, 0.2) is 54.0 Å². The van der Waals surface area contributed by atoms with Crippen LogP contribution in [0.5, 0.6) is 0 Å². The highest BCUT2D eigenvalue weighted by atomic mass is 35.5. The summed E-state index contributed by atoms with van der Waals surface area (Å²) in [5.41, 5.74) is 4.36. The number of carbonyl (C=O) groups excluding carboxylic acids is 1. The van der Waals surface area contributed by atoms with Gasteiger partial charge in [-0.2, -0.15) is 0 Å². The lowest BCUT2D eigenvalue weighted by molar-refractivity contribution is -0.140. The van der Waals surface area contributed by atoms with Gasteiger partial charge in [-0.3, -0.25) is 10.1 Å². The maximum Gasteiger partial charge on any atom is 0.321 e. The molecular weight excluding hydrogens is 416 g/mol. The Hall–Kier alpha value is -3.32. The molecule has 31 heavy (non-hydrogen) atoms. The summed E-state index contributed by atoms with van der Waals surface area (Å²) in [6.07, 6.45) is 0. The molecule has 0 saturated heterocycles. The van der Waals surface area contributed by atoms with Gasteiger partial charge in [0.05, 0.1) is 16.6 Å². The Balaban J connectivity index is 2.17. The Morgan fingerprint density at radius 3 is 2.42 bits per heavy atom. The van der Waals surface area contributed by atoms with E-state index in [2.05, 4.69) is 27.5 Å². The van der Waals surface area contributed by atoms with E-state index in [9.17, 15) is 9.59 Å². The number of carboxylic acids is 1. The number of nitrogens with zero attached hydrogens (tertiary/aromatic N) is 1. The van der Waals surface area contributed by atoms with Crippen molar-refractivity contribution >= 4 is 40.8 Å². The zero-order valence-electron chi connectivity index (χ0n) is 17.8. The van der Waals surface area contributed by atoms with Crippen molar-refractivity contribution in [2.24, 2.45) is 10.9 Å². The first kappa shape index (κ1) is 24.0. The molecule has 2 amide bonds. The monoisotopic (exact) mass is 442 g/mol. The number of benzene rings is 2. The predicted octanol–water partition coefficient (Wildman–Crippen LogP) is 4.48. The van der Waals surface area contributed by atoms with E-state index in [4.69, 9.17) is 16.7 Å². The standard InChI is InChI=1S/C23H27ClN4O3/c1-14(2)19-10-9-18(11-20(19)24)27-22(25-13-17-7-5-15(3)6-8-17)28-23(31)26-12-16(4)21(29)30/h5-11,16H,1,12-13H2,2-4H3,(H,29,30)(H3,25,26,27,28,31)/t16-/m0/s1. The molecular formula is C23H27ClN4O3. The minimum atomic E-state index is -0.987. The molecule has 7 nitrogen and oxygen atoms in total. The van der Waals surface area contributed by atoms with Crippen molar-refractivity contribution < 1.29 is 14.7 Å². The topological polar surface area (TPSA) is 103 Å². The van der Waals surface area contributed by atoms with E-state index in [-0.39, 0.29) is 12.5 Å². The van der Waals surface area contributed by atoms with Gasteiger partial charge in [0.15, 0.2) is 0 Å². The zero-order chi connectivity index (χ0) is 23.0. The molecule has 0 bridgehead atoms. The van der Waals surface area contributed by atoms with Gasteiger partial charge in [0.25, 0.3) is 0 Å². The fourth-order valence-electron chi connectivity index (χ4n) is 2.54. The van der Waals surface area contributed by atoms with E-state index in [1.54, 1.807) is 12.1 Å². The smallest absolute Gasteiger partial charge is 0.321 e. The lowest BCUT2D eigenvalue weighted by atomic mass is 10.1. The molecule has 0 heterocycles. The van der Waals surface area contributed by atoms with Crippen LogP contribution in [-0.4, -0.2) is 29.6 Å². The van der Waals surface area contributed by atoms with Crippen LogP contribution < -0.4 is 16.0 Å². The third kappa shape index (κ3) is 7.79. The van der Waals surface area contributed by atoms with Crippen LogP contribution in [0.2, 0.25) is 5.02 Å². The van der Waals surface area contributed by atoms with Gasteiger partial charge in [0, 0.05) is 13.1 Å². The van der Waals surface area contributed by atoms with Gasteiger partial charge < -0.3 is 15.7 Å². The number of amides is 2. The number of carbonyl (C=O) groups is 2. The van der Waals surface area contributed by atoms with Gasteiger partial charge in [0.1, 0.15) is 0 Å². The summed E-state index contributed by atoms with van der Waals surface area (Å²) in [6, 6.07) is 12.7. The highest BCUT2D eigenvalue weighted by molar-refractivity contribution is 6.32. The largest absolute Gasteiger partial charge is 0.481 e. The lowest BCUT2D eigenvalue weighted by Gasteiger charge is -2.14. The van der Waals surface area contributed by atoms with Crippen molar-refractivity contribution in [2.45, 2.75) is 27.3 Å². The molecule has 8 heteroatoms. The minimum absolute atomic E-state index is 0.00839. The molecule has 0 unspecified atom stereocenters. The summed E-state index contributed by atoms with van der Waals surface area (Å²) in [7, 11) is 0. The number of allylic oxidation sites excluding steroid dienone is 1. The van der Waals surface area contributed by atoms with Gasteiger partial charge >= 0.3 is 12.0 Å². The summed E-state index contributed by atoms with van der Waals surface area (Å²) >= 11 is 6.31. The molecule has 1 atom stereocenters. The quantitative estimate of drug-likeness (QED) is 0.375. The van der Waals surface area contributed by atoms with E-state index >= 15 is 0 Å². The van der Waals surface area contributed by atoms with E-state index in [1.807, 2.05) is 44.2 Å². The summed E-state index contributed by atoms with van der Waals surface area (Å²) in [6.45, 7) is 9.70. The molecule has 0 saturated carbocycles. The Morgan fingerprint density at radius 1 is 1.16 bits per heavy atom. The third-order valence-corrected chi connectivity index (χ3v) is 4.77. The van der Waals surface area contributed by atoms with Crippen LogP contribution in [0.25, 0.3) is 5.57 Å². The second-order valence-electron chi connectivity index (χ2n) is 7.32. The van der Waals surface area contributed by atoms with E-state index in [1.165, 1.54) is 6.92 Å². The molecule has 0 aromatic heterocycles. The van der Waals surface area contributed by atoms with Gasteiger partial charge in [-0.15, -0.1) is 0 Å². The zero-order valence-corrected chi connectivity index (χ0v) is 18.6. The normalized spacial score (nSPS) is 12.1. The molecule has 0 fully saturated rings. The van der Waals surface area contributed by atoms with Crippen molar-refractivity contribution in [2.75, 3.05) is 6.54 Å². The molecule has 164 valence electrons. The Labute approximate surface area is 187 Å². The highest BCUT2D eigenvalue weighted by Crippen LogP contribution is 2.27. The number of guanidine groups is 1. The molecule has 0 aliphatic rings. The van der Waals surface area contributed by atoms with Crippen molar-refractivity contribution in [1.82, 2.24) is 16.0 Å². The number of aryl methyl sites for hydroxylation is 1. The number of aliphatic carboxylic acids is 1. The number of hydrogen-bond donors (Lipinski definition) is 4. The molecule has 0 spiro atoms. The maximum absolute atomic E-state index is 12.3. The van der Waals surface area contributed by atoms with Crippen LogP contribution in [0, 0.1) is 12.8 Å². The summed E-state index contributed by atoms with van der Waals surface area (Å²) in [4.78, 5) is 27.7. The SMILES string of the molecule is C=C(C)c1ccc(/N=C(/NCc2ccc(C)cc2)NC(=O)NC[C@H](C)C(=O)O)cc1Cl. The van der Waals surface area contributed by atoms with Crippen molar-refractivity contribution in [3.8, 4) is 0 Å². The number of urea groups is 1. The fraction of sp³-hybridized carbons (Fsp3) is 0.261. The van der Waals surface area contributed by atoms with Crippen LogP contribution >= 0.6 is 11.6 Å². The van der Waals surface area contributed by atoms with Crippen LogP contribution in [-0.2, 0) is 11.3 Å². The number of carboxylic acid groups (broad SMARTS) is 1. The number of nitrogens with one attached hydrogen (secondary N) is 3. The Kier molecular flexibility index (Phi) is 8.63. The fourth-order valence-corrected chi connectivity index (χ4v) is 2.87. The summed E-state index contributed by atoms with van der Waals surface area (Å²) in [5, 5.41) is 17.7. The van der Waals surface area contributed by atoms with Crippen molar-refractivity contribution in [3.05, 3.63) is 70.8 Å². The Morgan fingerprint density at radius 2 is 1.84 bits per heavy atom. The number of halogens is 1. The second-order valence-corrected chi connectivity index (χ2v) is 7.73. The predicted molar refractivity (Wildman–Crippen MR) is 125 cm³/mol. The lowest BCUT2D eigenvalue weighted by Crippen LogP contribution is -2.47. The van der Waals surface area contributed by atoms with E-state index < -0.39 is 17.9 Å².